The van der Waals surface area contributed by atoms with Crippen LogP contribution in [0.2, 0.25) is 0 Å². The summed E-state index contributed by atoms with van der Waals surface area (Å²) < 4.78 is 0. The third-order valence-electron chi connectivity index (χ3n) is 2.41. The van der Waals surface area contributed by atoms with Gasteiger partial charge in [0.25, 0.3) is 0 Å². The molecule has 5 nitrogen and oxygen atoms in total. The zero-order valence-corrected chi connectivity index (χ0v) is 8.34. The fourth-order valence-electron chi connectivity index (χ4n) is 1.60. The van der Waals surface area contributed by atoms with Crippen molar-refractivity contribution in [2.75, 3.05) is 11.4 Å². The molecule has 1 heterocycles. The second kappa shape index (κ2) is 3.77. The Morgan fingerprint density at radius 1 is 1.19 bits per heavy atom. The van der Waals surface area contributed by atoms with Crippen LogP contribution < -0.4 is 4.90 Å². The molecule has 0 unspecified atom stereocenters. The van der Waals surface area contributed by atoms with E-state index in [1.54, 1.807) is 0 Å². The summed E-state index contributed by atoms with van der Waals surface area (Å²) in [7, 11) is 0. The van der Waals surface area contributed by atoms with Crippen molar-refractivity contribution in [2.24, 2.45) is 0 Å². The van der Waals surface area contributed by atoms with Gasteiger partial charge in [-0.1, -0.05) is 0 Å². The van der Waals surface area contributed by atoms with Crippen LogP contribution >= 0.6 is 0 Å². The largest absolute Gasteiger partial charge is 0.478 e. The predicted molar refractivity (Wildman–Crippen MR) is 55.4 cm³/mol. The van der Waals surface area contributed by atoms with E-state index < -0.39 is 5.97 Å². The zero-order chi connectivity index (χ0) is 11.7. The van der Waals surface area contributed by atoms with E-state index in [1.165, 1.54) is 29.2 Å². The number of hydrogen-bond acceptors (Lipinski definition) is 3. The van der Waals surface area contributed by atoms with Crippen molar-refractivity contribution in [3.63, 3.8) is 0 Å². The highest BCUT2D eigenvalue weighted by Crippen LogP contribution is 2.20. The highest BCUT2D eigenvalue weighted by molar-refractivity contribution is 6.15. The van der Waals surface area contributed by atoms with Crippen molar-refractivity contribution in [2.45, 2.75) is 6.42 Å². The lowest BCUT2D eigenvalue weighted by atomic mass is 10.2. The maximum Gasteiger partial charge on any atom is 0.335 e. The van der Waals surface area contributed by atoms with E-state index in [1.807, 2.05) is 0 Å². The number of hydrogen-bond donors (Lipinski definition) is 1. The normalized spacial score (nSPS) is 15.6. The van der Waals surface area contributed by atoms with Crippen molar-refractivity contribution < 1.29 is 19.5 Å². The lowest BCUT2D eigenvalue weighted by Crippen LogP contribution is -2.24. The van der Waals surface area contributed by atoms with Crippen LogP contribution in [0.15, 0.2) is 24.3 Å². The van der Waals surface area contributed by atoms with Gasteiger partial charge in [0.2, 0.25) is 5.91 Å². The molecule has 16 heavy (non-hydrogen) atoms. The summed E-state index contributed by atoms with van der Waals surface area (Å²) in [4.78, 5) is 34.4. The minimum Gasteiger partial charge on any atom is -0.478 e. The molecule has 0 spiro atoms. The van der Waals surface area contributed by atoms with Gasteiger partial charge in [-0.3, -0.25) is 9.59 Å². The summed E-state index contributed by atoms with van der Waals surface area (Å²) in [6, 6.07) is 5.88. The number of anilines is 1. The first-order valence-electron chi connectivity index (χ1n) is 4.73. The molecule has 1 aliphatic heterocycles. The van der Waals surface area contributed by atoms with Gasteiger partial charge in [-0.25, -0.2) is 4.79 Å². The summed E-state index contributed by atoms with van der Waals surface area (Å²) in [6.45, 7) is 0.0747. The van der Waals surface area contributed by atoms with Crippen LogP contribution in [0.25, 0.3) is 0 Å². The number of benzene rings is 1. The SMILES string of the molecule is O=C1CC(=O)N(c2ccc(C(=O)O)cc2)C1. The number of ketones is 1. The summed E-state index contributed by atoms with van der Waals surface area (Å²) in [5, 5.41) is 8.70. The first-order chi connectivity index (χ1) is 7.58. The molecule has 1 fully saturated rings. The van der Waals surface area contributed by atoms with E-state index >= 15 is 0 Å². The fraction of sp³-hybridized carbons (Fsp3) is 0.182. The Hall–Kier alpha value is -2.17. The third kappa shape index (κ3) is 1.79. The Labute approximate surface area is 91.3 Å². The number of aromatic carboxylic acids is 1. The number of carbonyl (C=O) groups excluding carboxylic acids is 2. The van der Waals surface area contributed by atoms with Crippen LogP contribution in [0.5, 0.6) is 0 Å². The minimum atomic E-state index is -1.02. The Bertz CT molecular complexity index is 463. The Balaban J connectivity index is 2.25. The molecule has 0 saturated carbocycles. The number of amides is 1. The van der Waals surface area contributed by atoms with Gasteiger partial charge < -0.3 is 10.0 Å². The quantitative estimate of drug-likeness (QED) is 0.742. The smallest absolute Gasteiger partial charge is 0.335 e. The molecule has 1 amide bonds. The molecule has 1 N–H and O–H groups in total. The second-order valence-electron chi connectivity index (χ2n) is 3.55. The average molecular weight is 219 g/mol. The second-order valence-corrected chi connectivity index (χ2v) is 3.55. The molecule has 0 radical (unpaired) electrons. The minimum absolute atomic E-state index is 0.0688. The average Bonchev–Trinajstić information content (AvgIpc) is 2.58. The van der Waals surface area contributed by atoms with Gasteiger partial charge in [-0.15, -0.1) is 0 Å². The summed E-state index contributed by atoms with van der Waals surface area (Å²) in [5.41, 5.74) is 0.711. The molecule has 0 aromatic heterocycles. The van der Waals surface area contributed by atoms with Gasteiger partial charge in [0.1, 0.15) is 0 Å². The van der Waals surface area contributed by atoms with Crippen molar-refractivity contribution in [1.29, 1.82) is 0 Å². The van der Waals surface area contributed by atoms with Crippen molar-refractivity contribution in [3.8, 4) is 0 Å². The highest BCUT2D eigenvalue weighted by atomic mass is 16.4. The van der Waals surface area contributed by atoms with Gasteiger partial charge in [0.05, 0.1) is 18.5 Å². The molecule has 1 aromatic carbocycles. The van der Waals surface area contributed by atoms with Crippen LogP contribution in [-0.2, 0) is 9.59 Å². The van der Waals surface area contributed by atoms with Crippen LogP contribution in [-0.4, -0.2) is 29.3 Å². The van der Waals surface area contributed by atoms with Crippen LogP contribution in [0, 0.1) is 0 Å². The fourth-order valence-corrected chi connectivity index (χ4v) is 1.60. The molecule has 2 rings (SSSR count). The Morgan fingerprint density at radius 2 is 1.81 bits per heavy atom. The summed E-state index contributed by atoms with van der Waals surface area (Å²) >= 11 is 0. The van der Waals surface area contributed by atoms with Crippen LogP contribution in [0.1, 0.15) is 16.8 Å². The zero-order valence-electron chi connectivity index (χ0n) is 8.34. The molecule has 0 atom stereocenters. The molecule has 1 aromatic rings. The number of carbonyl (C=O) groups is 3. The molecular formula is C11H9NO4. The molecule has 82 valence electrons. The van der Waals surface area contributed by atoms with Crippen molar-refractivity contribution in [1.82, 2.24) is 0 Å². The van der Waals surface area contributed by atoms with E-state index in [9.17, 15) is 14.4 Å². The van der Waals surface area contributed by atoms with E-state index in [0.717, 1.165) is 0 Å². The Morgan fingerprint density at radius 3 is 2.25 bits per heavy atom. The van der Waals surface area contributed by atoms with Gasteiger partial charge in [-0.2, -0.15) is 0 Å². The van der Waals surface area contributed by atoms with Gasteiger partial charge in [-0.05, 0) is 24.3 Å². The summed E-state index contributed by atoms with van der Waals surface area (Å²) in [5.74, 6) is -1.38. The third-order valence-corrected chi connectivity index (χ3v) is 2.41. The van der Waals surface area contributed by atoms with Gasteiger partial charge >= 0.3 is 5.97 Å². The first-order valence-corrected chi connectivity index (χ1v) is 4.73. The first kappa shape index (κ1) is 10.4. The maximum absolute atomic E-state index is 11.4. The van der Waals surface area contributed by atoms with E-state index in [0.29, 0.717) is 5.69 Å². The molecule has 0 bridgehead atoms. The monoisotopic (exact) mass is 219 g/mol. The van der Waals surface area contributed by atoms with Gasteiger partial charge in [0.15, 0.2) is 5.78 Å². The topological polar surface area (TPSA) is 74.7 Å². The lowest BCUT2D eigenvalue weighted by molar-refractivity contribution is -0.121. The number of Topliss-reactive ketones (excluding diaryl/α,β-unsaturated/α-hetero) is 1. The Kier molecular flexibility index (Phi) is 2.44. The summed E-state index contributed by atoms with van der Waals surface area (Å²) in [6.07, 6.45) is -0.0688. The lowest BCUT2D eigenvalue weighted by Gasteiger charge is -2.14. The van der Waals surface area contributed by atoms with E-state index in [4.69, 9.17) is 5.11 Å². The van der Waals surface area contributed by atoms with E-state index in [2.05, 4.69) is 0 Å². The molecule has 1 aliphatic rings. The van der Waals surface area contributed by atoms with Crippen molar-refractivity contribution in [3.05, 3.63) is 29.8 Å². The molecule has 0 aliphatic carbocycles. The van der Waals surface area contributed by atoms with Gasteiger partial charge in [0, 0.05) is 5.69 Å². The van der Waals surface area contributed by atoms with Crippen LogP contribution in [0.3, 0.4) is 0 Å². The standard InChI is InChI=1S/C11H9NO4/c13-9-5-10(14)12(6-9)8-3-1-7(2-4-8)11(15)16/h1-4H,5-6H2,(H,15,16). The predicted octanol–water partition coefficient (Wildman–Crippen LogP) is 0.691. The number of carboxylic acid groups (broad SMARTS) is 1. The molecule has 5 heteroatoms. The molecular weight excluding hydrogens is 210 g/mol. The number of nitrogens with zero attached hydrogens (tertiary/aromatic N) is 1. The maximum atomic E-state index is 11.4. The highest BCUT2D eigenvalue weighted by Gasteiger charge is 2.28. The van der Waals surface area contributed by atoms with E-state index in [-0.39, 0.29) is 30.2 Å². The van der Waals surface area contributed by atoms with Crippen molar-refractivity contribution >= 4 is 23.3 Å². The molecule has 1 saturated heterocycles. The number of carboxylic acids is 1. The van der Waals surface area contributed by atoms with Crippen LogP contribution in [0.4, 0.5) is 5.69 Å². The number of rotatable bonds is 2.